The fraction of sp³-hybridized carbons (Fsp3) is 0.0476. The standard InChI is InChI=1S/C21H17N3O2/c25-21(23-19-11-5-9-17-13-22-24-20(17)19)16-8-4-10-18(12-16)26-14-15-6-2-1-3-7-15/h1-13H,14H2,(H,22,24)(H,23,25). The molecule has 0 saturated carbocycles. The minimum atomic E-state index is -0.197. The molecule has 4 rings (SSSR count). The summed E-state index contributed by atoms with van der Waals surface area (Å²) in [4.78, 5) is 12.6. The number of hydrogen-bond acceptors (Lipinski definition) is 3. The first-order valence-corrected chi connectivity index (χ1v) is 8.30. The summed E-state index contributed by atoms with van der Waals surface area (Å²) in [5.74, 6) is 0.457. The van der Waals surface area contributed by atoms with E-state index in [1.54, 1.807) is 18.3 Å². The number of ether oxygens (including phenoxy) is 1. The maximum absolute atomic E-state index is 12.6. The Morgan fingerprint density at radius 3 is 2.73 bits per heavy atom. The van der Waals surface area contributed by atoms with Crippen molar-refractivity contribution in [1.29, 1.82) is 0 Å². The van der Waals surface area contributed by atoms with E-state index in [0.29, 0.717) is 23.6 Å². The number of aromatic amines is 1. The van der Waals surface area contributed by atoms with E-state index in [1.165, 1.54) is 0 Å². The number of para-hydroxylation sites is 1. The highest BCUT2D eigenvalue weighted by Crippen LogP contribution is 2.22. The lowest BCUT2D eigenvalue weighted by Gasteiger charge is -2.09. The normalized spacial score (nSPS) is 10.6. The van der Waals surface area contributed by atoms with Gasteiger partial charge in [0.2, 0.25) is 0 Å². The van der Waals surface area contributed by atoms with Crippen molar-refractivity contribution in [3.8, 4) is 5.75 Å². The molecule has 2 N–H and O–H groups in total. The molecule has 1 amide bonds. The molecule has 0 bridgehead atoms. The summed E-state index contributed by atoms with van der Waals surface area (Å²) in [6, 6.07) is 22.7. The van der Waals surface area contributed by atoms with Crippen LogP contribution in [0.15, 0.2) is 79.0 Å². The molecule has 5 heteroatoms. The molecule has 5 nitrogen and oxygen atoms in total. The second kappa shape index (κ2) is 7.11. The summed E-state index contributed by atoms with van der Waals surface area (Å²) in [6.45, 7) is 0.458. The summed E-state index contributed by atoms with van der Waals surface area (Å²) in [7, 11) is 0. The van der Waals surface area contributed by atoms with Crippen molar-refractivity contribution in [2.45, 2.75) is 6.61 Å². The molecule has 0 fully saturated rings. The second-order valence-electron chi connectivity index (χ2n) is 5.90. The molecule has 1 heterocycles. The average molecular weight is 343 g/mol. The van der Waals surface area contributed by atoms with Gasteiger partial charge < -0.3 is 10.1 Å². The molecule has 0 aliphatic carbocycles. The number of rotatable bonds is 5. The summed E-state index contributed by atoms with van der Waals surface area (Å²) >= 11 is 0. The van der Waals surface area contributed by atoms with Crippen LogP contribution in [0.1, 0.15) is 15.9 Å². The van der Waals surface area contributed by atoms with E-state index in [0.717, 1.165) is 16.5 Å². The highest BCUT2D eigenvalue weighted by atomic mass is 16.5. The van der Waals surface area contributed by atoms with Gasteiger partial charge >= 0.3 is 0 Å². The number of aromatic nitrogens is 2. The van der Waals surface area contributed by atoms with Crippen molar-refractivity contribution in [3.63, 3.8) is 0 Å². The number of nitrogens with zero attached hydrogens (tertiary/aromatic N) is 1. The quantitative estimate of drug-likeness (QED) is 0.564. The molecule has 0 unspecified atom stereocenters. The van der Waals surface area contributed by atoms with Gasteiger partial charge in [-0.1, -0.05) is 48.5 Å². The molecular weight excluding hydrogens is 326 g/mol. The van der Waals surface area contributed by atoms with E-state index < -0.39 is 0 Å². The summed E-state index contributed by atoms with van der Waals surface area (Å²) in [6.07, 6.45) is 1.73. The highest BCUT2D eigenvalue weighted by molar-refractivity contribution is 6.08. The fourth-order valence-electron chi connectivity index (χ4n) is 2.74. The molecule has 0 spiro atoms. The number of fused-ring (bicyclic) bond motifs is 1. The zero-order valence-electron chi connectivity index (χ0n) is 14.0. The zero-order chi connectivity index (χ0) is 17.8. The molecule has 3 aromatic carbocycles. The average Bonchev–Trinajstić information content (AvgIpc) is 3.17. The number of carbonyl (C=O) groups excluding carboxylic acids is 1. The van der Waals surface area contributed by atoms with Crippen molar-refractivity contribution in [2.75, 3.05) is 5.32 Å². The first-order valence-electron chi connectivity index (χ1n) is 8.30. The van der Waals surface area contributed by atoms with Crippen molar-refractivity contribution in [3.05, 3.63) is 90.1 Å². The van der Waals surface area contributed by atoms with Crippen LogP contribution in [0.2, 0.25) is 0 Å². The van der Waals surface area contributed by atoms with Crippen LogP contribution < -0.4 is 10.1 Å². The predicted octanol–water partition coefficient (Wildman–Crippen LogP) is 4.39. The van der Waals surface area contributed by atoms with Gasteiger partial charge in [-0.2, -0.15) is 5.10 Å². The molecule has 4 aromatic rings. The molecule has 1 aromatic heterocycles. The van der Waals surface area contributed by atoms with E-state index >= 15 is 0 Å². The van der Waals surface area contributed by atoms with E-state index in [1.807, 2.05) is 60.7 Å². The van der Waals surface area contributed by atoms with Crippen molar-refractivity contribution < 1.29 is 9.53 Å². The molecule has 0 saturated heterocycles. The van der Waals surface area contributed by atoms with Crippen LogP contribution in [0.5, 0.6) is 5.75 Å². The van der Waals surface area contributed by atoms with Gasteiger partial charge in [0, 0.05) is 10.9 Å². The Hall–Kier alpha value is -3.60. The molecule has 0 radical (unpaired) electrons. The Balaban J connectivity index is 1.49. The number of amides is 1. The number of nitrogens with one attached hydrogen (secondary N) is 2. The van der Waals surface area contributed by atoms with E-state index in [9.17, 15) is 4.79 Å². The predicted molar refractivity (Wildman–Crippen MR) is 101 cm³/mol. The molecular formula is C21H17N3O2. The van der Waals surface area contributed by atoms with Crippen molar-refractivity contribution in [1.82, 2.24) is 10.2 Å². The third kappa shape index (κ3) is 3.42. The Morgan fingerprint density at radius 1 is 1.00 bits per heavy atom. The lowest BCUT2D eigenvalue weighted by Crippen LogP contribution is -2.12. The molecule has 0 aliphatic rings. The van der Waals surface area contributed by atoms with Gasteiger partial charge in [0.15, 0.2) is 0 Å². The Morgan fingerprint density at radius 2 is 1.85 bits per heavy atom. The van der Waals surface area contributed by atoms with Crippen LogP contribution in [0.4, 0.5) is 5.69 Å². The van der Waals surface area contributed by atoms with Crippen LogP contribution >= 0.6 is 0 Å². The van der Waals surface area contributed by atoms with Crippen molar-refractivity contribution >= 4 is 22.5 Å². The molecule has 26 heavy (non-hydrogen) atoms. The molecule has 128 valence electrons. The topological polar surface area (TPSA) is 67.0 Å². The minimum absolute atomic E-state index is 0.197. The van der Waals surface area contributed by atoms with Crippen LogP contribution in [0.25, 0.3) is 10.9 Å². The van der Waals surface area contributed by atoms with E-state index in [-0.39, 0.29) is 5.91 Å². The SMILES string of the molecule is O=C(Nc1cccc2cn[nH]c12)c1cccc(OCc2ccccc2)c1. The maximum atomic E-state index is 12.6. The lowest BCUT2D eigenvalue weighted by atomic mass is 10.1. The smallest absolute Gasteiger partial charge is 0.255 e. The summed E-state index contributed by atoms with van der Waals surface area (Å²) in [5.41, 5.74) is 3.11. The summed E-state index contributed by atoms with van der Waals surface area (Å²) < 4.78 is 5.79. The third-order valence-corrected chi connectivity index (χ3v) is 4.07. The van der Waals surface area contributed by atoms with Gasteiger partial charge in [-0.15, -0.1) is 0 Å². The lowest BCUT2D eigenvalue weighted by molar-refractivity contribution is 0.102. The number of benzene rings is 3. The Labute approximate surface area is 150 Å². The number of carbonyl (C=O) groups is 1. The van der Waals surface area contributed by atoms with Gasteiger partial charge in [0.1, 0.15) is 12.4 Å². The Bertz CT molecular complexity index is 1040. The van der Waals surface area contributed by atoms with Crippen LogP contribution in [-0.2, 0) is 6.61 Å². The Kier molecular flexibility index (Phi) is 4.35. The van der Waals surface area contributed by atoms with Crippen LogP contribution in [0, 0.1) is 0 Å². The number of anilines is 1. The van der Waals surface area contributed by atoms with E-state index in [4.69, 9.17) is 4.74 Å². The van der Waals surface area contributed by atoms with Crippen molar-refractivity contribution in [2.24, 2.45) is 0 Å². The maximum Gasteiger partial charge on any atom is 0.255 e. The highest BCUT2D eigenvalue weighted by Gasteiger charge is 2.10. The van der Waals surface area contributed by atoms with Gasteiger partial charge in [-0.3, -0.25) is 9.89 Å². The largest absolute Gasteiger partial charge is 0.489 e. The fourth-order valence-corrected chi connectivity index (χ4v) is 2.74. The minimum Gasteiger partial charge on any atom is -0.489 e. The van der Waals surface area contributed by atoms with E-state index in [2.05, 4.69) is 15.5 Å². The monoisotopic (exact) mass is 343 g/mol. The number of H-pyrrole nitrogens is 1. The molecule has 0 atom stereocenters. The van der Waals surface area contributed by atoms with Crippen LogP contribution in [-0.4, -0.2) is 16.1 Å². The van der Waals surface area contributed by atoms with Crippen LogP contribution in [0.3, 0.4) is 0 Å². The second-order valence-corrected chi connectivity index (χ2v) is 5.90. The van der Waals surface area contributed by atoms with Gasteiger partial charge in [-0.05, 0) is 29.8 Å². The molecule has 0 aliphatic heterocycles. The first-order chi connectivity index (χ1) is 12.8. The third-order valence-electron chi connectivity index (χ3n) is 4.07. The van der Waals surface area contributed by atoms with Gasteiger partial charge in [0.05, 0.1) is 17.4 Å². The van der Waals surface area contributed by atoms with Gasteiger partial charge in [-0.25, -0.2) is 0 Å². The zero-order valence-corrected chi connectivity index (χ0v) is 14.0. The number of hydrogen-bond donors (Lipinski definition) is 2. The van der Waals surface area contributed by atoms with Gasteiger partial charge in [0.25, 0.3) is 5.91 Å². The summed E-state index contributed by atoms with van der Waals surface area (Å²) in [5, 5.41) is 10.8. The first kappa shape index (κ1) is 15.9.